The van der Waals surface area contributed by atoms with E-state index in [0.29, 0.717) is 11.8 Å². The highest BCUT2D eigenvalue weighted by atomic mass is 32.2. The Bertz CT molecular complexity index is 450. The molecule has 1 fully saturated rings. The van der Waals surface area contributed by atoms with Gasteiger partial charge in [-0.05, 0) is 0 Å². The molecule has 9 heteroatoms. The number of halogens is 3. The molecule has 20 heavy (non-hydrogen) atoms. The highest BCUT2D eigenvalue weighted by Gasteiger charge is 2.33. The van der Waals surface area contributed by atoms with Crippen LogP contribution in [-0.2, 0) is 6.18 Å². The Labute approximate surface area is 123 Å². The van der Waals surface area contributed by atoms with Gasteiger partial charge in [-0.2, -0.15) is 41.7 Å². The summed E-state index contributed by atoms with van der Waals surface area (Å²) < 4.78 is 38.2. The SMILES string of the molecule is CNc1nc(NCC2CSCCS2)cc(C(F)(F)F)n1. The summed E-state index contributed by atoms with van der Waals surface area (Å²) in [5.74, 6) is 3.39. The van der Waals surface area contributed by atoms with Crippen LogP contribution in [0.5, 0.6) is 0 Å². The topological polar surface area (TPSA) is 49.8 Å². The van der Waals surface area contributed by atoms with E-state index in [1.54, 1.807) is 0 Å². The first kappa shape index (κ1) is 15.6. The summed E-state index contributed by atoms with van der Waals surface area (Å²) in [6.07, 6.45) is -4.47. The van der Waals surface area contributed by atoms with Gasteiger partial charge in [-0.25, -0.2) is 4.98 Å². The zero-order chi connectivity index (χ0) is 14.6. The lowest BCUT2D eigenvalue weighted by Crippen LogP contribution is -2.24. The minimum atomic E-state index is -4.47. The Morgan fingerprint density at radius 1 is 1.35 bits per heavy atom. The highest BCUT2D eigenvalue weighted by Crippen LogP contribution is 2.30. The molecule has 2 heterocycles. The molecule has 1 atom stereocenters. The Kier molecular flexibility index (Phi) is 5.25. The average molecular weight is 324 g/mol. The van der Waals surface area contributed by atoms with Gasteiger partial charge in [0.25, 0.3) is 0 Å². The van der Waals surface area contributed by atoms with Crippen LogP contribution >= 0.6 is 23.5 Å². The summed E-state index contributed by atoms with van der Waals surface area (Å²) in [5, 5.41) is 5.92. The highest BCUT2D eigenvalue weighted by molar-refractivity contribution is 8.06. The summed E-state index contributed by atoms with van der Waals surface area (Å²) >= 11 is 3.70. The molecule has 4 nitrogen and oxygen atoms in total. The van der Waals surface area contributed by atoms with Crippen LogP contribution in [0, 0.1) is 0 Å². The van der Waals surface area contributed by atoms with Crippen molar-refractivity contribution >= 4 is 35.3 Å². The van der Waals surface area contributed by atoms with E-state index in [2.05, 4.69) is 20.6 Å². The van der Waals surface area contributed by atoms with Crippen LogP contribution in [0.25, 0.3) is 0 Å². The van der Waals surface area contributed by atoms with Crippen molar-refractivity contribution in [1.29, 1.82) is 0 Å². The number of nitrogens with one attached hydrogen (secondary N) is 2. The molecule has 0 saturated carbocycles. The van der Waals surface area contributed by atoms with Crippen molar-refractivity contribution in [2.24, 2.45) is 0 Å². The number of thioether (sulfide) groups is 2. The van der Waals surface area contributed by atoms with Crippen molar-refractivity contribution in [3.8, 4) is 0 Å². The average Bonchev–Trinajstić information content (AvgIpc) is 2.45. The molecule has 0 spiro atoms. The quantitative estimate of drug-likeness (QED) is 0.888. The second-order valence-corrected chi connectivity index (χ2v) is 6.72. The maximum Gasteiger partial charge on any atom is 0.433 e. The van der Waals surface area contributed by atoms with Gasteiger partial charge in [0, 0.05) is 42.2 Å². The van der Waals surface area contributed by atoms with Crippen LogP contribution in [0.1, 0.15) is 5.69 Å². The lowest BCUT2D eigenvalue weighted by molar-refractivity contribution is -0.141. The van der Waals surface area contributed by atoms with Gasteiger partial charge < -0.3 is 10.6 Å². The van der Waals surface area contributed by atoms with E-state index in [-0.39, 0.29) is 11.8 Å². The normalized spacial score (nSPS) is 19.7. The number of nitrogens with zero attached hydrogens (tertiary/aromatic N) is 2. The molecule has 0 aliphatic carbocycles. The van der Waals surface area contributed by atoms with Crippen molar-refractivity contribution in [2.45, 2.75) is 11.4 Å². The van der Waals surface area contributed by atoms with Gasteiger partial charge in [-0.3, -0.25) is 0 Å². The van der Waals surface area contributed by atoms with Crippen molar-refractivity contribution in [3.63, 3.8) is 0 Å². The maximum absolute atomic E-state index is 12.7. The minimum Gasteiger partial charge on any atom is -0.369 e. The standard InChI is InChI=1S/C11H15F3N4S2/c1-15-10-17-8(11(12,13)14)4-9(18-10)16-5-7-6-19-2-3-20-7/h4,7H,2-3,5-6H2,1H3,(H2,15,16,17,18). The molecule has 1 saturated heterocycles. The van der Waals surface area contributed by atoms with E-state index in [4.69, 9.17) is 0 Å². The molecule has 1 aromatic heterocycles. The van der Waals surface area contributed by atoms with Gasteiger partial charge in [0.1, 0.15) is 5.82 Å². The molecule has 112 valence electrons. The molecule has 1 unspecified atom stereocenters. The fourth-order valence-electron chi connectivity index (χ4n) is 1.67. The van der Waals surface area contributed by atoms with Gasteiger partial charge >= 0.3 is 6.18 Å². The molecule has 1 aromatic rings. The van der Waals surface area contributed by atoms with Crippen molar-refractivity contribution in [2.75, 3.05) is 41.5 Å². The third-order valence-electron chi connectivity index (χ3n) is 2.64. The van der Waals surface area contributed by atoms with E-state index in [0.717, 1.165) is 23.3 Å². The molecule has 1 aliphatic heterocycles. The molecule has 0 bridgehead atoms. The minimum absolute atomic E-state index is 0.0343. The molecular formula is C11H15F3N4S2. The van der Waals surface area contributed by atoms with Crippen LogP contribution in [0.3, 0.4) is 0 Å². The zero-order valence-electron chi connectivity index (χ0n) is 10.8. The van der Waals surface area contributed by atoms with Crippen LogP contribution in [0.2, 0.25) is 0 Å². The molecular weight excluding hydrogens is 309 g/mol. The summed E-state index contributed by atoms with van der Waals surface area (Å²) in [4.78, 5) is 7.42. The van der Waals surface area contributed by atoms with Crippen molar-refractivity contribution < 1.29 is 13.2 Å². The maximum atomic E-state index is 12.7. The lowest BCUT2D eigenvalue weighted by atomic mass is 10.3. The summed E-state index contributed by atoms with van der Waals surface area (Å²) in [6.45, 7) is 0.606. The van der Waals surface area contributed by atoms with E-state index < -0.39 is 11.9 Å². The first-order valence-corrected chi connectivity index (χ1v) is 8.26. The summed E-state index contributed by atoms with van der Waals surface area (Å²) in [5.41, 5.74) is -0.940. The first-order chi connectivity index (χ1) is 9.49. The summed E-state index contributed by atoms with van der Waals surface area (Å²) in [7, 11) is 1.49. The first-order valence-electron chi connectivity index (χ1n) is 6.06. The third-order valence-corrected chi connectivity index (χ3v) is 5.48. The second-order valence-electron chi connectivity index (χ2n) is 4.16. The number of alkyl halides is 3. The van der Waals surface area contributed by atoms with Gasteiger partial charge in [-0.1, -0.05) is 0 Å². The van der Waals surface area contributed by atoms with Gasteiger partial charge in [0.2, 0.25) is 5.95 Å². The van der Waals surface area contributed by atoms with Crippen molar-refractivity contribution in [1.82, 2.24) is 9.97 Å². The predicted molar refractivity (Wildman–Crippen MR) is 78.6 cm³/mol. The lowest BCUT2D eigenvalue weighted by Gasteiger charge is -2.21. The van der Waals surface area contributed by atoms with E-state index in [1.807, 2.05) is 23.5 Å². The molecule has 2 N–H and O–H groups in total. The second kappa shape index (κ2) is 6.75. The van der Waals surface area contributed by atoms with E-state index in [9.17, 15) is 13.2 Å². The Morgan fingerprint density at radius 3 is 2.75 bits per heavy atom. The van der Waals surface area contributed by atoms with Gasteiger partial charge in [-0.15, -0.1) is 0 Å². The van der Waals surface area contributed by atoms with Crippen LogP contribution in [0.15, 0.2) is 6.07 Å². The van der Waals surface area contributed by atoms with Gasteiger partial charge in [0.05, 0.1) is 0 Å². The monoisotopic (exact) mass is 324 g/mol. The van der Waals surface area contributed by atoms with Gasteiger partial charge in [0.15, 0.2) is 5.69 Å². The predicted octanol–water partition coefficient (Wildman–Crippen LogP) is 2.80. The molecule has 0 amide bonds. The fraction of sp³-hybridized carbons (Fsp3) is 0.636. The third kappa shape index (κ3) is 4.34. The number of hydrogen-bond acceptors (Lipinski definition) is 6. The molecule has 1 aliphatic rings. The molecule has 2 rings (SSSR count). The van der Waals surface area contributed by atoms with E-state index >= 15 is 0 Å². The van der Waals surface area contributed by atoms with Crippen LogP contribution in [0.4, 0.5) is 24.9 Å². The fourth-order valence-corrected chi connectivity index (χ4v) is 4.28. The molecule has 0 radical (unpaired) electrons. The Balaban J connectivity index is 2.06. The largest absolute Gasteiger partial charge is 0.433 e. The number of anilines is 2. The number of hydrogen-bond donors (Lipinski definition) is 2. The Hall–Kier alpha value is -0.830. The molecule has 0 aromatic carbocycles. The van der Waals surface area contributed by atoms with E-state index in [1.165, 1.54) is 7.05 Å². The Morgan fingerprint density at radius 2 is 2.15 bits per heavy atom. The zero-order valence-corrected chi connectivity index (χ0v) is 12.5. The number of rotatable bonds is 4. The smallest absolute Gasteiger partial charge is 0.369 e. The van der Waals surface area contributed by atoms with Crippen LogP contribution in [-0.4, -0.2) is 46.1 Å². The number of aromatic nitrogens is 2. The summed E-state index contributed by atoms with van der Waals surface area (Å²) in [6, 6.07) is 0.946. The van der Waals surface area contributed by atoms with Crippen LogP contribution < -0.4 is 10.6 Å². The van der Waals surface area contributed by atoms with Crippen molar-refractivity contribution in [3.05, 3.63) is 11.8 Å².